The van der Waals surface area contributed by atoms with Crippen LogP contribution in [-0.2, 0) is 10.0 Å². The molecule has 0 aromatic heterocycles. The zero-order valence-electron chi connectivity index (χ0n) is 10.2. The summed E-state index contributed by atoms with van der Waals surface area (Å²) in [6, 6.07) is 1.84. The molecule has 0 aliphatic heterocycles. The summed E-state index contributed by atoms with van der Waals surface area (Å²) in [5.41, 5.74) is -0.344. The highest BCUT2D eigenvalue weighted by Crippen LogP contribution is 2.24. The van der Waals surface area contributed by atoms with Gasteiger partial charge in [0.15, 0.2) is 0 Å². The molecule has 1 aromatic carbocycles. The molecule has 0 bridgehead atoms. The topological polar surface area (TPSA) is 89.3 Å². The summed E-state index contributed by atoms with van der Waals surface area (Å²) in [5.74, 6) is -1.48. The van der Waals surface area contributed by atoms with Crippen LogP contribution in [0.5, 0.6) is 0 Å². The van der Waals surface area contributed by atoms with Crippen LogP contribution in [-0.4, -0.2) is 20.9 Å². The molecule has 8 heteroatoms. The number of carbonyl (C=O) groups is 1. The molecule has 0 spiro atoms. The van der Waals surface area contributed by atoms with Crippen LogP contribution < -0.4 is 10.5 Å². The monoisotopic (exact) mass is 352 g/mol. The molecule has 19 heavy (non-hydrogen) atoms. The van der Waals surface area contributed by atoms with Gasteiger partial charge in [0.2, 0.25) is 10.0 Å². The molecule has 5 nitrogen and oxygen atoms in total. The second-order valence-electron chi connectivity index (χ2n) is 3.92. The van der Waals surface area contributed by atoms with E-state index in [1.54, 1.807) is 0 Å². The molecule has 0 saturated carbocycles. The van der Waals surface area contributed by atoms with E-state index >= 15 is 0 Å². The normalized spacial score (nSPS) is 11.4. The number of carbonyl (C=O) groups excluding carboxylic acids is 1. The Kier molecular flexibility index (Phi) is 5.45. The smallest absolute Gasteiger partial charge is 0.254 e. The first-order chi connectivity index (χ1) is 8.77. The summed E-state index contributed by atoms with van der Waals surface area (Å²) in [7, 11) is -4.02. The van der Waals surface area contributed by atoms with Crippen molar-refractivity contribution in [2.75, 3.05) is 6.54 Å². The number of sulfonamides is 1. The first-order valence-electron chi connectivity index (χ1n) is 5.57. The van der Waals surface area contributed by atoms with Crippen LogP contribution in [0.4, 0.5) is 4.39 Å². The minimum Gasteiger partial charge on any atom is -0.352 e. The maximum atomic E-state index is 13.7. The molecule has 0 heterocycles. The Labute approximate surface area is 119 Å². The SMILES string of the molecule is CCCCNC(=O)c1cc(S(N)(=O)=O)c(Br)cc1F. The van der Waals surface area contributed by atoms with Gasteiger partial charge in [-0.3, -0.25) is 4.79 Å². The molecular weight excluding hydrogens is 339 g/mol. The maximum Gasteiger partial charge on any atom is 0.254 e. The van der Waals surface area contributed by atoms with Crippen molar-refractivity contribution < 1.29 is 17.6 Å². The summed E-state index contributed by atoms with van der Waals surface area (Å²) in [6.07, 6.45) is 1.64. The van der Waals surface area contributed by atoms with Gasteiger partial charge in [-0.1, -0.05) is 13.3 Å². The number of hydrogen-bond donors (Lipinski definition) is 2. The van der Waals surface area contributed by atoms with Gasteiger partial charge in [-0.05, 0) is 34.5 Å². The van der Waals surface area contributed by atoms with Gasteiger partial charge in [0.05, 0.1) is 10.5 Å². The number of nitrogens with one attached hydrogen (secondary N) is 1. The predicted octanol–water partition coefficient (Wildman–Crippen LogP) is 1.77. The average molecular weight is 353 g/mol. The van der Waals surface area contributed by atoms with Gasteiger partial charge in [-0.2, -0.15) is 0 Å². The molecule has 106 valence electrons. The molecule has 0 radical (unpaired) electrons. The third kappa shape index (κ3) is 4.26. The molecule has 0 unspecified atom stereocenters. The van der Waals surface area contributed by atoms with E-state index in [4.69, 9.17) is 5.14 Å². The molecule has 0 aliphatic carbocycles. The van der Waals surface area contributed by atoms with Crippen LogP contribution in [0.25, 0.3) is 0 Å². The number of amides is 1. The average Bonchev–Trinajstić information content (AvgIpc) is 2.27. The Morgan fingerprint density at radius 2 is 2.11 bits per heavy atom. The molecule has 1 rings (SSSR count). The van der Waals surface area contributed by atoms with Crippen molar-refractivity contribution in [3.8, 4) is 0 Å². The fourth-order valence-corrected chi connectivity index (χ4v) is 3.00. The molecular formula is C11H14BrFN2O3S. The van der Waals surface area contributed by atoms with E-state index < -0.39 is 21.7 Å². The van der Waals surface area contributed by atoms with E-state index in [2.05, 4.69) is 21.2 Å². The number of benzene rings is 1. The fourth-order valence-electron chi connectivity index (χ4n) is 1.40. The van der Waals surface area contributed by atoms with Crippen molar-refractivity contribution in [1.29, 1.82) is 0 Å². The van der Waals surface area contributed by atoms with Crippen molar-refractivity contribution in [1.82, 2.24) is 5.32 Å². The van der Waals surface area contributed by atoms with E-state index in [9.17, 15) is 17.6 Å². The molecule has 0 fully saturated rings. The minimum atomic E-state index is -4.02. The van der Waals surface area contributed by atoms with E-state index in [-0.39, 0.29) is 14.9 Å². The third-order valence-corrected chi connectivity index (χ3v) is 4.26. The number of hydrogen-bond acceptors (Lipinski definition) is 3. The van der Waals surface area contributed by atoms with Crippen LogP contribution in [0.1, 0.15) is 30.1 Å². The summed E-state index contributed by atoms with van der Waals surface area (Å²) in [6.45, 7) is 2.35. The largest absolute Gasteiger partial charge is 0.352 e. The Morgan fingerprint density at radius 3 is 2.63 bits per heavy atom. The summed E-state index contributed by atoms with van der Waals surface area (Å²) in [5, 5.41) is 7.50. The lowest BCUT2D eigenvalue weighted by atomic mass is 10.2. The van der Waals surface area contributed by atoms with Gasteiger partial charge in [0.1, 0.15) is 5.82 Å². The van der Waals surface area contributed by atoms with Crippen LogP contribution in [0.3, 0.4) is 0 Å². The van der Waals surface area contributed by atoms with Gasteiger partial charge in [-0.25, -0.2) is 17.9 Å². The highest BCUT2D eigenvalue weighted by Gasteiger charge is 2.20. The van der Waals surface area contributed by atoms with Crippen molar-refractivity contribution in [2.45, 2.75) is 24.7 Å². The lowest BCUT2D eigenvalue weighted by Crippen LogP contribution is -2.26. The third-order valence-electron chi connectivity index (χ3n) is 2.39. The van der Waals surface area contributed by atoms with Crippen molar-refractivity contribution >= 4 is 31.9 Å². The van der Waals surface area contributed by atoms with Gasteiger partial charge in [-0.15, -0.1) is 0 Å². The van der Waals surface area contributed by atoms with Crippen molar-refractivity contribution in [2.24, 2.45) is 5.14 Å². The number of halogens is 2. The lowest BCUT2D eigenvalue weighted by molar-refractivity contribution is 0.0949. The molecule has 1 amide bonds. The van der Waals surface area contributed by atoms with E-state index in [0.29, 0.717) is 6.54 Å². The molecule has 0 atom stereocenters. The van der Waals surface area contributed by atoms with Gasteiger partial charge in [0, 0.05) is 11.0 Å². The number of primary sulfonamides is 1. The molecule has 1 aromatic rings. The van der Waals surface area contributed by atoms with E-state index in [0.717, 1.165) is 25.0 Å². The molecule has 0 saturated heterocycles. The van der Waals surface area contributed by atoms with Crippen molar-refractivity contribution in [3.05, 3.63) is 28.0 Å². The first-order valence-corrected chi connectivity index (χ1v) is 7.91. The van der Waals surface area contributed by atoms with Crippen LogP contribution in [0.2, 0.25) is 0 Å². The predicted molar refractivity (Wildman–Crippen MR) is 72.7 cm³/mol. The number of nitrogens with two attached hydrogens (primary N) is 1. The fraction of sp³-hybridized carbons (Fsp3) is 0.364. The number of rotatable bonds is 5. The van der Waals surface area contributed by atoms with Crippen LogP contribution in [0.15, 0.2) is 21.5 Å². The maximum absolute atomic E-state index is 13.7. The summed E-state index contributed by atoms with van der Waals surface area (Å²) < 4.78 is 36.2. The van der Waals surface area contributed by atoms with Gasteiger partial charge in [0.25, 0.3) is 5.91 Å². The summed E-state index contributed by atoms with van der Waals surface area (Å²) in [4.78, 5) is 11.4. The number of unbranched alkanes of at least 4 members (excludes halogenated alkanes) is 1. The standard InChI is InChI=1S/C11H14BrFN2O3S/c1-2-3-4-15-11(16)7-5-10(19(14,17)18)8(12)6-9(7)13/h5-6H,2-4H2,1H3,(H,15,16)(H2,14,17,18). The lowest BCUT2D eigenvalue weighted by Gasteiger charge is -2.08. The molecule has 3 N–H and O–H groups in total. The Morgan fingerprint density at radius 1 is 1.47 bits per heavy atom. The Balaban J connectivity index is 3.11. The second kappa shape index (κ2) is 6.44. The quantitative estimate of drug-likeness (QED) is 0.791. The zero-order chi connectivity index (χ0) is 14.6. The zero-order valence-corrected chi connectivity index (χ0v) is 12.6. The Hall–Kier alpha value is -0.990. The Bertz CT molecular complexity index is 590. The van der Waals surface area contributed by atoms with Crippen LogP contribution in [0, 0.1) is 5.82 Å². The van der Waals surface area contributed by atoms with Gasteiger partial charge >= 0.3 is 0 Å². The van der Waals surface area contributed by atoms with Crippen molar-refractivity contribution in [3.63, 3.8) is 0 Å². The first kappa shape index (κ1) is 16.1. The highest BCUT2D eigenvalue weighted by atomic mass is 79.9. The van der Waals surface area contributed by atoms with E-state index in [1.165, 1.54) is 0 Å². The minimum absolute atomic E-state index is 0.0161. The second-order valence-corrected chi connectivity index (χ2v) is 6.30. The molecule has 0 aliphatic rings. The van der Waals surface area contributed by atoms with E-state index in [1.807, 2.05) is 6.92 Å². The highest BCUT2D eigenvalue weighted by molar-refractivity contribution is 9.10. The summed E-state index contributed by atoms with van der Waals surface area (Å²) >= 11 is 2.90. The van der Waals surface area contributed by atoms with Gasteiger partial charge < -0.3 is 5.32 Å². The van der Waals surface area contributed by atoms with Crippen LogP contribution >= 0.6 is 15.9 Å².